The lowest BCUT2D eigenvalue weighted by Gasteiger charge is -2.31. The van der Waals surface area contributed by atoms with Crippen molar-refractivity contribution in [2.75, 3.05) is 0 Å². The topological polar surface area (TPSA) is 30.7 Å². The molecule has 2 aromatic heterocycles. The molecule has 1 unspecified atom stereocenters. The molecule has 3 nitrogen and oxygen atoms in total. The van der Waals surface area contributed by atoms with Gasteiger partial charge in [-0.05, 0) is 137 Å². The van der Waals surface area contributed by atoms with Crippen LogP contribution in [0.15, 0.2) is 213 Å². The molecule has 15 rings (SSSR count). The third-order valence-corrected chi connectivity index (χ3v) is 14.6. The molecule has 294 valence electrons. The van der Waals surface area contributed by atoms with E-state index in [-0.39, 0.29) is 0 Å². The zero-order chi connectivity index (χ0) is 41.7. The van der Waals surface area contributed by atoms with E-state index in [9.17, 15) is 0 Å². The highest BCUT2D eigenvalue weighted by molar-refractivity contribution is 6.21. The van der Waals surface area contributed by atoms with Gasteiger partial charge in [0.05, 0.1) is 27.5 Å². The van der Waals surface area contributed by atoms with Crippen LogP contribution in [0.3, 0.4) is 0 Å². The van der Waals surface area contributed by atoms with Crippen LogP contribution in [-0.2, 0) is 5.41 Å². The highest BCUT2D eigenvalue weighted by atomic mass is 15.0. The predicted octanol–water partition coefficient (Wildman–Crippen LogP) is 15.2. The lowest BCUT2D eigenvalue weighted by molar-refractivity contribution is 0.794. The average molecular weight is 810 g/mol. The Morgan fingerprint density at radius 3 is 1.81 bits per heavy atom. The first-order chi connectivity index (χ1) is 31.8. The quantitative estimate of drug-likeness (QED) is 0.178. The van der Waals surface area contributed by atoms with E-state index in [1.807, 2.05) is 6.07 Å². The Kier molecular flexibility index (Phi) is 6.61. The minimum absolute atomic E-state index is 0.549. The lowest BCUT2D eigenvalue weighted by Crippen LogP contribution is -2.26. The number of hydrogen-bond acceptors (Lipinski definition) is 2. The molecule has 3 aliphatic rings. The summed E-state index contributed by atoms with van der Waals surface area (Å²) in [5, 5.41) is 5.13. The van der Waals surface area contributed by atoms with E-state index in [2.05, 4.69) is 204 Å². The van der Waals surface area contributed by atoms with Crippen LogP contribution in [0.4, 0.5) is 0 Å². The minimum atomic E-state index is -0.549. The maximum Gasteiger partial charge on any atom is 0.0965 e. The van der Waals surface area contributed by atoms with Crippen molar-refractivity contribution in [2.24, 2.45) is 0 Å². The Hall–Kier alpha value is -8.40. The van der Waals surface area contributed by atoms with Gasteiger partial charge in [0, 0.05) is 34.4 Å². The summed E-state index contributed by atoms with van der Waals surface area (Å²) >= 11 is 0. The van der Waals surface area contributed by atoms with Crippen LogP contribution in [0, 0.1) is 0 Å². The third-order valence-electron chi connectivity index (χ3n) is 14.6. The number of benzene rings is 10. The molecule has 1 atom stereocenters. The van der Waals surface area contributed by atoms with E-state index in [4.69, 9.17) is 4.98 Å². The van der Waals surface area contributed by atoms with E-state index < -0.39 is 5.41 Å². The minimum Gasteiger partial charge on any atom is -0.309 e. The Bertz CT molecular complexity index is 3980. The van der Waals surface area contributed by atoms with Crippen molar-refractivity contribution in [3.63, 3.8) is 0 Å². The summed E-state index contributed by atoms with van der Waals surface area (Å²) in [7, 11) is 0. The molecule has 0 aliphatic heterocycles. The number of rotatable bonds is 3. The lowest BCUT2D eigenvalue weighted by atomic mass is 9.69. The van der Waals surface area contributed by atoms with Gasteiger partial charge in [0.15, 0.2) is 0 Å². The van der Waals surface area contributed by atoms with Crippen LogP contribution in [-0.4, -0.2) is 14.5 Å². The molecule has 10 aromatic carbocycles. The first kappa shape index (κ1) is 34.2. The van der Waals surface area contributed by atoms with Crippen LogP contribution in [0.2, 0.25) is 0 Å². The second-order valence-corrected chi connectivity index (χ2v) is 17.6. The van der Waals surface area contributed by atoms with E-state index in [1.54, 1.807) is 12.4 Å². The van der Waals surface area contributed by atoms with Gasteiger partial charge in [-0.1, -0.05) is 158 Å². The second kappa shape index (κ2) is 12.4. The smallest absolute Gasteiger partial charge is 0.0965 e. The molecule has 1 spiro atoms. The molecule has 0 saturated carbocycles. The Morgan fingerprint density at radius 2 is 0.984 bits per heavy atom. The standard InChI is InChI=1S/C61H35N3/c1-5-24-49-41(17-1)47-34-39(64-54-27-7-3-18-42(54)43-19-4-8-28-55(43)64)29-30-51(47)61(49)50-25-6-2-20-45(50)59-52(61)35-48-44-22-10-13-36-14-11-23-46(56(36)44)58(48)57(59)38-16-9-15-37(33-38)40-21-12-26-53-60(40)63-32-31-62-53/h1-35H. The summed E-state index contributed by atoms with van der Waals surface area (Å²) in [6, 6.07) is 75.0. The normalized spacial score (nSPS) is 14.9. The molecular weight excluding hydrogens is 775 g/mol. The number of aromatic nitrogens is 3. The molecule has 12 aromatic rings. The summed E-state index contributed by atoms with van der Waals surface area (Å²) in [5.41, 5.74) is 25.2. The maximum atomic E-state index is 4.84. The third kappa shape index (κ3) is 4.21. The van der Waals surface area contributed by atoms with Crippen molar-refractivity contribution in [3.05, 3.63) is 235 Å². The van der Waals surface area contributed by atoms with Crippen LogP contribution < -0.4 is 0 Å². The highest BCUT2D eigenvalue weighted by Crippen LogP contribution is 2.67. The summed E-state index contributed by atoms with van der Waals surface area (Å²) in [6.45, 7) is 0. The monoisotopic (exact) mass is 809 g/mol. The van der Waals surface area contributed by atoms with Crippen molar-refractivity contribution in [1.29, 1.82) is 0 Å². The van der Waals surface area contributed by atoms with Crippen molar-refractivity contribution >= 4 is 43.6 Å². The second-order valence-electron chi connectivity index (χ2n) is 17.6. The van der Waals surface area contributed by atoms with Crippen molar-refractivity contribution in [1.82, 2.24) is 14.5 Å². The molecule has 64 heavy (non-hydrogen) atoms. The molecule has 0 saturated heterocycles. The average Bonchev–Trinajstić information content (AvgIpc) is 4.06. The SMILES string of the molecule is c1cc(-c2c3c(cc4c2-c2ccccc2C42c4ccccc4-c4cc(-n5c6ccccc6c6ccccc65)ccc42)-c2cccc4cccc-3c24)cc(-c2cccc3nccnc23)c1. The van der Waals surface area contributed by atoms with Crippen LogP contribution >= 0.6 is 0 Å². The van der Waals surface area contributed by atoms with Crippen LogP contribution in [0.5, 0.6) is 0 Å². The summed E-state index contributed by atoms with van der Waals surface area (Å²) < 4.78 is 2.45. The molecule has 0 fully saturated rings. The van der Waals surface area contributed by atoms with E-state index in [0.717, 1.165) is 22.2 Å². The Labute approximate surface area is 369 Å². The van der Waals surface area contributed by atoms with E-state index in [0.29, 0.717) is 0 Å². The van der Waals surface area contributed by atoms with Gasteiger partial charge in [-0.15, -0.1) is 0 Å². The molecule has 0 bridgehead atoms. The van der Waals surface area contributed by atoms with Gasteiger partial charge >= 0.3 is 0 Å². The number of para-hydroxylation sites is 3. The predicted molar refractivity (Wildman–Crippen MR) is 263 cm³/mol. The van der Waals surface area contributed by atoms with Gasteiger partial charge in [0.1, 0.15) is 0 Å². The zero-order valence-corrected chi connectivity index (χ0v) is 34.5. The van der Waals surface area contributed by atoms with Crippen LogP contribution in [0.25, 0.3) is 116 Å². The highest BCUT2D eigenvalue weighted by Gasteiger charge is 2.53. The van der Waals surface area contributed by atoms with Crippen molar-refractivity contribution in [3.8, 4) is 72.4 Å². The van der Waals surface area contributed by atoms with E-state index in [1.165, 1.54) is 116 Å². The molecule has 0 radical (unpaired) electrons. The van der Waals surface area contributed by atoms with Gasteiger partial charge in [-0.25, -0.2) is 0 Å². The first-order valence-corrected chi connectivity index (χ1v) is 22.1. The Balaban J connectivity index is 1.06. The van der Waals surface area contributed by atoms with Gasteiger partial charge in [-0.2, -0.15) is 0 Å². The number of nitrogens with zero attached hydrogens (tertiary/aromatic N) is 3. The largest absolute Gasteiger partial charge is 0.309 e. The fraction of sp³-hybridized carbons (Fsp3) is 0.0164. The summed E-state index contributed by atoms with van der Waals surface area (Å²) in [5.74, 6) is 0. The van der Waals surface area contributed by atoms with Crippen LogP contribution in [0.1, 0.15) is 22.3 Å². The van der Waals surface area contributed by atoms with Crippen molar-refractivity contribution in [2.45, 2.75) is 5.41 Å². The molecule has 2 heterocycles. The zero-order valence-electron chi connectivity index (χ0n) is 34.5. The fourth-order valence-electron chi connectivity index (χ4n) is 12.2. The van der Waals surface area contributed by atoms with Crippen molar-refractivity contribution < 1.29 is 0 Å². The summed E-state index contributed by atoms with van der Waals surface area (Å²) in [6.07, 6.45) is 3.57. The fourth-order valence-corrected chi connectivity index (χ4v) is 12.2. The molecule has 3 heteroatoms. The molecular formula is C61H35N3. The maximum absolute atomic E-state index is 4.84. The van der Waals surface area contributed by atoms with Gasteiger partial charge in [-0.3, -0.25) is 9.97 Å². The van der Waals surface area contributed by atoms with Gasteiger partial charge < -0.3 is 4.57 Å². The number of fused-ring (bicyclic) bond motifs is 17. The molecule has 3 aliphatic carbocycles. The summed E-state index contributed by atoms with van der Waals surface area (Å²) in [4.78, 5) is 9.51. The number of hydrogen-bond donors (Lipinski definition) is 0. The Morgan fingerprint density at radius 1 is 0.359 bits per heavy atom. The van der Waals surface area contributed by atoms with E-state index >= 15 is 0 Å². The van der Waals surface area contributed by atoms with Gasteiger partial charge in [0.25, 0.3) is 0 Å². The molecule has 0 N–H and O–H groups in total. The van der Waals surface area contributed by atoms with Gasteiger partial charge in [0.2, 0.25) is 0 Å². The molecule has 0 amide bonds. The first-order valence-electron chi connectivity index (χ1n) is 22.1.